The maximum absolute atomic E-state index is 5.49. The molecule has 2 heterocycles. The van der Waals surface area contributed by atoms with Crippen molar-refractivity contribution in [3.63, 3.8) is 0 Å². The molecule has 0 bridgehead atoms. The molecule has 4 nitrogen and oxygen atoms in total. The molecule has 0 aliphatic carbocycles. The topological polar surface area (TPSA) is 36.5 Å². The van der Waals surface area contributed by atoms with Gasteiger partial charge in [-0.3, -0.25) is 4.90 Å². The van der Waals surface area contributed by atoms with Gasteiger partial charge in [-0.2, -0.15) is 0 Å². The Kier molecular flexibility index (Phi) is 6.81. The maximum atomic E-state index is 5.49. The third-order valence-corrected chi connectivity index (χ3v) is 5.65. The van der Waals surface area contributed by atoms with Crippen molar-refractivity contribution in [3.05, 3.63) is 52.2 Å². The first-order valence-electron chi connectivity index (χ1n) is 8.75. The number of thiophene rings is 1. The molecule has 1 aromatic heterocycles. The summed E-state index contributed by atoms with van der Waals surface area (Å²) in [5.41, 5.74) is 2.35. The van der Waals surface area contributed by atoms with Gasteiger partial charge < -0.3 is 15.4 Å². The molecule has 0 saturated carbocycles. The van der Waals surface area contributed by atoms with Crippen molar-refractivity contribution in [2.24, 2.45) is 0 Å². The number of nitrogens with one attached hydrogen (secondary N) is 2. The molecule has 2 aromatic rings. The predicted molar refractivity (Wildman–Crippen MR) is 109 cm³/mol. The highest BCUT2D eigenvalue weighted by Gasteiger charge is 2.23. The van der Waals surface area contributed by atoms with E-state index in [9.17, 15) is 0 Å². The van der Waals surface area contributed by atoms with Crippen LogP contribution in [0, 0.1) is 0 Å². The Hall–Kier alpha value is -1.47. The molecule has 0 unspecified atom stereocenters. The average Bonchev–Trinajstić information content (AvgIpc) is 3.18. The molecule has 1 aliphatic heterocycles. The number of aryl methyl sites for hydroxylation is 1. The highest BCUT2D eigenvalue weighted by atomic mass is 32.1. The zero-order valence-electron chi connectivity index (χ0n) is 14.5. The minimum atomic E-state index is 0.325. The van der Waals surface area contributed by atoms with Crippen LogP contribution in [0.25, 0.3) is 0 Å². The van der Waals surface area contributed by atoms with Crippen molar-refractivity contribution in [3.8, 4) is 0 Å². The van der Waals surface area contributed by atoms with Gasteiger partial charge in [0.05, 0.1) is 19.3 Å². The predicted octanol–water partition coefficient (Wildman–Crippen LogP) is 3.67. The monoisotopic (exact) mass is 375 g/mol. The second kappa shape index (κ2) is 9.29. The van der Waals surface area contributed by atoms with Crippen LogP contribution in [-0.4, -0.2) is 42.9 Å². The van der Waals surface area contributed by atoms with Gasteiger partial charge in [0.15, 0.2) is 5.11 Å². The molecule has 134 valence electrons. The Morgan fingerprint density at radius 2 is 2.00 bits per heavy atom. The van der Waals surface area contributed by atoms with Crippen LogP contribution in [0.15, 0.2) is 41.8 Å². The Morgan fingerprint density at radius 3 is 2.64 bits per heavy atom. The average molecular weight is 376 g/mol. The Labute approximate surface area is 159 Å². The van der Waals surface area contributed by atoms with Gasteiger partial charge in [-0.25, -0.2) is 0 Å². The van der Waals surface area contributed by atoms with E-state index in [-0.39, 0.29) is 0 Å². The minimum absolute atomic E-state index is 0.325. The van der Waals surface area contributed by atoms with E-state index in [0.717, 1.165) is 45.0 Å². The number of anilines is 1. The number of hydrogen-bond donors (Lipinski definition) is 2. The van der Waals surface area contributed by atoms with E-state index in [2.05, 4.69) is 64.2 Å². The van der Waals surface area contributed by atoms with Crippen molar-refractivity contribution in [2.45, 2.75) is 19.4 Å². The summed E-state index contributed by atoms with van der Waals surface area (Å²) in [6.45, 7) is 6.47. The SMILES string of the molecule is CCc1ccc(NC(=S)NC[C@H](c2cccs2)N2CCOCC2)cc1. The lowest BCUT2D eigenvalue weighted by Gasteiger charge is -2.34. The normalized spacial score (nSPS) is 16.4. The summed E-state index contributed by atoms with van der Waals surface area (Å²) in [6.07, 6.45) is 1.05. The van der Waals surface area contributed by atoms with Crippen LogP contribution >= 0.6 is 23.6 Å². The fraction of sp³-hybridized carbons (Fsp3) is 0.421. The number of morpholine rings is 1. The smallest absolute Gasteiger partial charge is 0.170 e. The van der Waals surface area contributed by atoms with E-state index in [1.165, 1.54) is 10.4 Å². The molecule has 6 heteroatoms. The van der Waals surface area contributed by atoms with E-state index in [4.69, 9.17) is 17.0 Å². The zero-order chi connectivity index (χ0) is 17.5. The summed E-state index contributed by atoms with van der Waals surface area (Å²) in [4.78, 5) is 3.84. The molecule has 1 atom stereocenters. The van der Waals surface area contributed by atoms with E-state index in [0.29, 0.717) is 11.2 Å². The first kappa shape index (κ1) is 18.3. The largest absolute Gasteiger partial charge is 0.379 e. The van der Waals surface area contributed by atoms with Crippen molar-refractivity contribution >= 4 is 34.4 Å². The molecule has 3 rings (SSSR count). The fourth-order valence-corrected chi connectivity index (χ4v) is 4.03. The Balaban J connectivity index is 1.57. The molecule has 25 heavy (non-hydrogen) atoms. The molecular formula is C19H25N3OS2. The molecule has 0 radical (unpaired) electrons. The Bertz CT molecular complexity index is 652. The highest BCUT2D eigenvalue weighted by Crippen LogP contribution is 2.25. The summed E-state index contributed by atoms with van der Waals surface area (Å²) >= 11 is 7.28. The number of thiocarbonyl (C=S) groups is 1. The van der Waals surface area contributed by atoms with Crippen LogP contribution in [0.1, 0.15) is 23.4 Å². The lowest BCUT2D eigenvalue weighted by molar-refractivity contribution is 0.0177. The van der Waals surface area contributed by atoms with Crippen LogP contribution in [0.3, 0.4) is 0 Å². The van der Waals surface area contributed by atoms with Gasteiger partial charge >= 0.3 is 0 Å². The minimum Gasteiger partial charge on any atom is -0.379 e. The number of ether oxygens (including phenoxy) is 1. The lowest BCUT2D eigenvalue weighted by Crippen LogP contribution is -2.44. The summed E-state index contributed by atoms with van der Waals surface area (Å²) in [6, 6.07) is 13.1. The van der Waals surface area contributed by atoms with Gasteiger partial charge in [0, 0.05) is 30.2 Å². The molecule has 1 aliphatic rings. The third-order valence-electron chi connectivity index (χ3n) is 4.43. The van der Waals surface area contributed by atoms with Crippen LogP contribution in [0.5, 0.6) is 0 Å². The van der Waals surface area contributed by atoms with Gasteiger partial charge in [0.1, 0.15) is 0 Å². The lowest BCUT2D eigenvalue weighted by atomic mass is 10.1. The second-order valence-electron chi connectivity index (χ2n) is 6.07. The number of rotatable bonds is 6. The van der Waals surface area contributed by atoms with Crippen LogP contribution in [0.4, 0.5) is 5.69 Å². The summed E-state index contributed by atoms with van der Waals surface area (Å²) in [5.74, 6) is 0. The maximum Gasteiger partial charge on any atom is 0.170 e. The van der Waals surface area contributed by atoms with Crippen LogP contribution in [0.2, 0.25) is 0 Å². The van der Waals surface area contributed by atoms with Crippen LogP contribution < -0.4 is 10.6 Å². The first-order valence-corrected chi connectivity index (χ1v) is 10.0. The second-order valence-corrected chi connectivity index (χ2v) is 7.45. The highest BCUT2D eigenvalue weighted by molar-refractivity contribution is 7.80. The number of nitrogens with zero attached hydrogens (tertiary/aromatic N) is 1. The van der Waals surface area contributed by atoms with Gasteiger partial charge in [0.25, 0.3) is 0 Å². The van der Waals surface area contributed by atoms with Gasteiger partial charge in [0.2, 0.25) is 0 Å². The summed E-state index contributed by atoms with van der Waals surface area (Å²) in [7, 11) is 0. The third kappa shape index (κ3) is 5.25. The van der Waals surface area contributed by atoms with Crippen molar-refractivity contribution < 1.29 is 4.74 Å². The number of benzene rings is 1. The van der Waals surface area contributed by atoms with Gasteiger partial charge in [-0.15, -0.1) is 11.3 Å². The molecule has 2 N–H and O–H groups in total. The van der Waals surface area contributed by atoms with E-state index in [1.807, 2.05) is 0 Å². The molecule has 1 saturated heterocycles. The number of hydrogen-bond acceptors (Lipinski definition) is 4. The zero-order valence-corrected chi connectivity index (χ0v) is 16.2. The summed E-state index contributed by atoms with van der Waals surface area (Å²) in [5, 5.41) is 9.47. The molecule has 0 spiro atoms. The standard InChI is InChI=1S/C19H25N3OS2/c1-2-15-5-7-16(8-6-15)21-19(24)20-14-17(18-4-3-13-25-18)22-9-11-23-12-10-22/h3-8,13,17H,2,9-12,14H2,1H3,(H2,20,21,24)/t17-/m1/s1. The van der Waals surface area contributed by atoms with Crippen molar-refractivity contribution in [1.82, 2.24) is 10.2 Å². The fourth-order valence-electron chi connectivity index (χ4n) is 2.97. The van der Waals surface area contributed by atoms with E-state index >= 15 is 0 Å². The van der Waals surface area contributed by atoms with Crippen molar-refractivity contribution in [2.75, 3.05) is 38.2 Å². The van der Waals surface area contributed by atoms with E-state index < -0.39 is 0 Å². The molecule has 1 fully saturated rings. The quantitative estimate of drug-likeness (QED) is 0.754. The molecule has 0 amide bonds. The molecular weight excluding hydrogens is 350 g/mol. The van der Waals surface area contributed by atoms with Gasteiger partial charge in [-0.05, 0) is 47.8 Å². The van der Waals surface area contributed by atoms with E-state index in [1.54, 1.807) is 11.3 Å². The summed E-state index contributed by atoms with van der Waals surface area (Å²) < 4.78 is 5.49. The van der Waals surface area contributed by atoms with Crippen LogP contribution in [-0.2, 0) is 11.2 Å². The Morgan fingerprint density at radius 1 is 1.24 bits per heavy atom. The van der Waals surface area contributed by atoms with Crippen molar-refractivity contribution in [1.29, 1.82) is 0 Å². The molecule has 1 aromatic carbocycles. The van der Waals surface area contributed by atoms with Gasteiger partial charge in [-0.1, -0.05) is 25.1 Å². The first-order chi connectivity index (χ1) is 12.3.